The highest BCUT2D eigenvalue weighted by Crippen LogP contribution is 2.27. The first kappa shape index (κ1) is 19.4. The zero-order valence-corrected chi connectivity index (χ0v) is 16.7. The summed E-state index contributed by atoms with van der Waals surface area (Å²) in [6, 6.07) is 12.8. The van der Waals surface area contributed by atoms with Crippen LogP contribution in [0.3, 0.4) is 0 Å². The van der Waals surface area contributed by atoms with Crippen LogP contribution in [0.4, 0.5) is 5.69 Å². The SMILES string of the molecule is Cc1ccc(C(=O)Nc2ccccc2C(=O)N2[C@H](C)CCC[C@H]2C)cc1Cl. The van der Waals surface area contributed by atoms with Gasteiger partial charge in [0.25, 0.3) is 11.8 Å². The molecule has 1 heterocycles. The first-order valence-electron chi connectivity index (χ1n) is 9.37. The van der Waals surface area contributed by atoms with Gasteiger partial charge in [0.15, 0.2) is 0 Å². The number of hydrogen-bond donors (Lipinski definition) is 1. The monoisotopic (exact) mass is 384 g/mol. The lowest BCUT2D eigenvalue weighted by Gasteiger charge is -2.39. The summed E-state index contributed by atoms with van der Waals surface area (Å²) in [6.45, 7) is 6.06. The average Bonchev–Trinajstić information content (AvgIpc) is 2.64. The Morgan fingerprint density at radius 3 is 2.41 bits per heavy atom. The van der Waals surface area contributed by atoms with Crippen molar-refractivity contribution in [1.29, 1.82) is 0 Å². The first-order chi connectivity index (χ1) is 12.9. The molecule has 2 aromatic rings. The Hall–Kier alpha value is -2.33. The number of nitrogens with zero attached hydrogens (tertiary/aromatic N) is 1. The molecule has 1 saturated heterocycles. The van der Waals surface area contributed by atoms with Crippen molar-refractivity contribution < 1.29 is 9.59 Å². The van der Waals surface area contributed by atoms with Crippen LogP contribution < -0.4 is 5.32 Å². The molecule has 0 radical (unpaired) electrons. The zero-order chi connectivity index (χ0) is 19.6. The molecule has 2 atom stereocenters. The van der Waals surface area contributed by atoms with Crippen LogP contribution in [0.1, 0.15) is 59.4 Å². The van der Waals surface area contributed by atoms with Gasteiger partial charge in [0.1, 0.15) is 0 Å². The summed E-state index contributed by atoms with van der Waals surface area (Å²) in [5.74, 6) is -0.315. The van der Waals surface area contributed by atoms with Crippen LogP contribution in [0.15, 0.2) is 42.5 Å². The Balaban J connectivity index is 1.86. The van der Waals surface area contributed by atoms with Crippen molar-refractivity contribution in [2.24, 2.45) is 0 Å². The van der Waals surface area contributed by atoms with Crippen LogP contribution in [0.2, 0.25) is 5.02 Å². The molecule has 0 saturated carbocycles. The Labute approximate surface area is 165 Å². The summed E-state index contributed by atoms with van der Waals surface area (Å²) >= 11 is 6.14. The van der Waals surface area contributed by atoms with Crippen molar-refractivity contribution in [2.45, 2.75) is 52.1 Å². The number of rotatable bonds is 3. The summed E-state index contributed by atoms with van der Waals surface area (Å²) in [5.41, 5.74) is 2.42. The van der Waals surface area contributed by atoms with Crippen LogP contribution in [-0.4, -0.2) is 28.8 Å². The average molecular weight is 385 g/mol. The molecule has 0 unspecified atom stereocenters. The van der Waals surface area contributed by atoms with Crippen molar-refractivity contribution in [1.82, 2.24) is 4.90 Å². The van der Waals surface area contributed by atoms with Crippen molar-refractivity contribution in [3.8, 4) is 0 Å². The fourth-order valence-corrected chi connectivity index (χ4v) is 3.85. The number of hydrogen-bond acceptors (Lipinski definition) is 2. The number of carbonyl (C=O) groups excluding carboxylic acids is 2. The van der Waals surface area contributed by atoms with E-state index in [0.717, 1.165) is 24.8 Å². The van der Waals surface area contributed by atoms with Gasteiger partial charge in [-0.25, -0.2) is 0 Å². The molecule has 1 aliphatic rings. The van der Waals surface area contributed by atoms with Crippen LogP contribution in [0, 0.1) is 6.92 Å². The number of benzene rings is 2. The van der Waals surface area contributed by atoms with Crippen molar-refractivity contribution in [3.05, 3.63) is 64.2 Å². The predicted molar refractivity (Wildman–Crippen MR) is 110 cm³/mol. The van der Waals surface area contributed by atoms with Crippen molar-refractivity contribution >= 4 is 29.1 Å². The summed E-state index contributed by atoms with van der Waals surface area (Å²) in [5, 5.41) is 3.42. The van der Waals surface area contributed by atoms with E-state index in [1.165, 1.54) is 0 Å². The second-order valence-corrected chi connectivity index (χ2v) is 7.71. The minimum atomic E-state index is -0.281. The Kier molecular flexibility index (Phi) is 5.85. The number of piperidine rings is 1. The highest BCUT2D eigenvalue weighted by atomic mass is 35.5. The van der Waals surface area contributed by atoms with Gasteiger partial charge in [-0.3, -0.25) is 9.59 Å². The van der Waals surface area contributed by atoms with Gasteiger partial charge < -0.3 is 10.2 Å². The third-order valence-electron chi connectivity index (χ3n) is 5.27. The van der Waals surface area contributed by atoms with Gasteiger partial charge in [0.05, 0.1) is 11.3 Å². The molecule has 27 heavy (non-hydrogen) atoms. The quantitative estimate of drug-likeness (QED) is 0.780. The fourth-order valence-electron chi connectivity index (χ4n) is 3.67. The van der Waals surface area contributed by atoms with E-state index in [1.807, 2.05) is 30.0 Å². The molecular formula is C22H25ClN2O2. The lowest BCUT2D eigenvalue weighted by atomic mass is 9.96. The highest BCUT2D eigenvalue weighted by Gasteiger charge is 2.30. The summed E-state index contributed by atoms with van der Waals surface area (Å²) in [4.78, 5) is 27.8. The van der Waals surface area contributed by atoms with Crippen LogP contribution in [0.5, 0.6) is 0 Å². The number of anilines is 1. The number of aryl methyl sites for hydroxylation is 1. The molecule has 2 amide bonds. The Bertz CT molecular complexity index is 855. The predicted octanol–water partition coefficient (Wildman–Crippen LogP) is 5.30. The minimum absolute atomic E-state index is 0.0347. The topological polar surface area (TPSA) is 49.4 Å². The van der Waals surface area contributed by atoms with Gasteiger partial charge >= 0.3 is 0 Å². The number of para-hydroxylation sites is 1. The normalized spacial score (nSPS) is 19.6. The molecule has 4 nitrogen and oxygen atoms in total. The van der Waals surface area contributed by atoms with Gasteiger partial charge in [-0.1, -0.05) is 29.8 Å². The molecule has 1 fully saturated rings. The fraction of sp³-hybridized carbons (Fsp3) is 0.364. The maximum atomic E-state index is 13.2. The number of halogens is 1. The largest absolute Gasteiger partial charge is 0.333 e. The molecule has 5 heteroatoms. The van der Waals surface area contributed by atoms with E-state index in [0.29, 0.717) is 21.8 Å². The summed E-state index contributed by atoms with van der Waals surface area (Å²) in [6.07, 6.45) is 3.15. The molecule has 0 spiro atoms. The molecule has 1 N–H and O–H groups in total. The minimum Gasteiger partial charge on any atom is -0.333 e. The first-order valence-corrected chi connectivity index (χ1v) is 9.75. The maximum Gasteiger partial charge on any atom is 0.256 e. The number of likely N-dealkylation sites (tertiary alicyclic amines) is 1. The van der Waals surface area contributed by atoms with E-state index < -0.39 is 0 Å². The smallest absolute Gasteiger partial charge is 0.256 e. The Morgan fingerprint density at radius 1 is 1.07 bits per heavy atom. The van der Waals surface area contributed by atoms with Crippen molar-refractivity contribution in [3.63, 3.8) is 0 Å². The molecule has 0 bridgehead atoms. The third kappa shape index (κ3) is 4.16. The molecule has 0 aliphatic carbocycles. The van der Waals surface area contributed by atoms with E-state index >= 15 is 0 Å². The van der Waals surface area contributed by atoms with Gasteiger partial charge in [0.2, 0.25) is 0 Å². The highest BCUT2D eigenvalue weighted by molar-refractivity contribution is 6.31. The number of amides is 2. The van der Waals surface area contributed by atoms with Crippen LogP contribution in [-0.2, 0) is 0 Å². The maximum absolute atomic E-state index is 13.2. The van der Waals surface area contributed by atoms with Crippen LogP contribution in [0.25, 0.3) is 0 Å². The third-order valence-corrected chi connectivity index (χ3v) is 5.67. The van der Waals surface area contributed by atoms with Gasteiger partial charge in [0, 0.05) is 22.7 Å². The van der Waals surface area contributed by atoms with E-state index in [4.69, 9.17) is 11.6 Å². The lowest BCUT2D eigenvalue weighted by Crippen LogP contribution is -2.47. The van der Waals surface area contributed by atoms with E-state index in [1.54, 1.807) is 24.3 Å². The Morgan fingerprint density at radius 2 is 1.74 bits per heavy atom. The summed E-state index contributed by atoms with van der Waals surface area (Å²) in [7, 11) is 0. The molecule has 1 aliphatic heterocycles. The molecule has 2 aromatic carbocycles. The van der Waals surface area contributed by atoms with Gasteiger partial charge in [-0.15, -0.1) is 0 Å². The standard InChI is InChI=1S/C22H25ClN2O2/c1-14-11-12-17(13-19(14)23)21(26)24-20-10-5-4-9-18(20)22(27)25-15(2)7-6-8-16(25)3/h4-5,9-13,15-16H,6-8H2,1-3H3,(H,24,26)/t15-,16-/m1/s1. The van der Waals surface area contributed by atoms with Gasteiger partial charge in [-0.05, 0) is 69.9 Å². The zero-order valence-electron chi connectivity index (χ0n) is 16.0. The molecule has 142 valence electrons. The lowest BCUT2D eigenvalue weighted by molar-refractivity contribution is 0.0512. The van der Waals surface area contributed by atoms with E-state index in [9.17, 15) is 9.59 Å². The van der Waals surface area contributed by atoms with Gasteiger partial charge in [-0.2, -0.15) is 0 Å². The second kappa shape index (κ2) is 8.13. The summed E-state index contributed by atoms with van der Waals surface area (Å²) < 4.78 is 0. The van der Waals surface area contributed by atoms with Crippen molar-refractivity contribution in [2.75, 3.05) is 5.32 Å². The van der Waals surface area contributed by atoms with E-state index in [2.05, 4.69) is 19.2 Å². The molecular weight excluding hydrogens is 360 g/mol. The second-order valence-electron chi connectivity index (χ2n) is 7.31. The molecule has 3 rings (SSSR count). The number of nitrogens with one attached hydrogen (secondary N) is 1. The molecule has 0 aromatic heterocycles. The van der Waals surface area contributed by atoms with Crippen LogP contribution >= 0.6 is 11.6 Å². The van der Waals surface area contributed by atoms with E-state index in [-0.39, 0.29) is 23.9 Å². The number of carbonyl (C=O) groups is 2.